The molecule has 0 radical (unpaired) electrons. The first-order valence-corrected chi connectivity index (χ1v) is 13.2. The molecule has 10 nitrogen and oxygen atoms in total. The molecule has 1 atom stereocenters. The molecule has 1 rings (SSSR count). The number of carbonyl (C=O) groups excluding carboxylic acids is 2. The van der Waals surface area contributed by atoms with Crippen molar-refractivity contribution in [3.05, 3.63) is 29.8 Å². The Balaban J connectivity index is 2.04. The van der Waals surface area contributed by atoms with Crippen molar-refractivity contribution in [1.82, 2.24) is 10.6 Å². The molecule has 0 spiro atoms. The van der Waals surface area contributed by atoms with E-state index in [2.05, 4.69) is 10.6 Å². The van der Waals surface area contributed by atoms with Crippen molar-refractivity contribution >= 4 is 23.8 Å². The molecule has 0 heterocycles. The number of carboxylic acid groups (broad SMARTS) is 2. The van der Waals surface area contributed by atoms with Crippen molar-refractivity contribution in [3.63, 3.8) is 0 Å². The molecule has 0 aliphatic carbocycles. The van der Waals surface area contributed by atoms with Gasteiger partial charge in [0.05, 0.1) is 18.8 Å². The van der Waals surface area contributed by atoms with Gasteiger partial charge in [0.1, 0.15) is 11.8 Å². The van der Waals surface area contributed by atoms with Crippen LogP contribution < -0.4 is 15.4 Å². The average molecular weight is 523 g/mol. The summed E-state index contributed by atoms with van der Waals surface area (Å²) in [6, 6.07) is 5.27. The highest BCUT2D eigenvalue weighted by Crippen LogP contribution is 2.14. The van der Waals surface area contributed by atoms with Gasteiger partial charge >= 0.3 is 11.9 Å². The molecule has 4 N–H and O–H groups in total. The van der Waals surface area contributed by atoms with Crippen molar-refractivity contribution in [2.75, 3.05) is 26.4 Å². The molecule has 0 saturated carbocycles. The number of hydrogen-bond donors (Lipinski definition) is 4. The van der Waals surface area contributed by atoms with E-state index in [1.165, 1.54) is 12.1 Å². The Kier molecular flexibility index (Phi) is 17.2. The molecule has 0 saturated heterocycles. The minimum Gasteiger partial charge on any atom is -0.494 e. The summed E-state index contributed by atoms with van der Waals surface area (Å²) >= 11 is 0. The van der Waals surface area contributed by atoms with Crippen LogP contribution in [0.25, 0.3) is 0 Å². The van der Waals surface area contributed by atoms with E-state index in [-0.39, 0.29) is 36.6 Å². The van der Waals surface area contributed by atoms with E-state index in [0.29, 0.717) is 38.5 Å². The summed E-state index contributed by atoms with van der Waals surface area (Å²) in [5.74, 6) is -2.02. The summed E-state index contributed by atoms with van der Waals surface area (Å²) in [7, 11) is 0. The molecule has 0 unspecified atom stereocenters. The van der Waals surface area contributed by atoms with Gasteiger partial charge in [0.2, 0.25) is 11.8 Å². The van der Waals surface area contributed by atoms with E-state index in [9.17, 15) is 24.3 Å². The normalized spacial score (nSPS) is 11.5. The fraction of sp³-hybridized carbons (Fsp3) is 0.630. The van der Waals surface area contributed by atoms with Crippen LogP contribution in [0, 0.1) is 0 Å². The highest BCUT2D eigenvalue weighted by atomic mass is 16.5. The first-order chi connectivity index (χ1) is 17.8. The molecule has 0 fully saturated rings. The molecule has 0 aromatic heterocycles. The van der Waals surface area contributed by atoms with Crippen molar-refractivity contribution in [1.29, 1.82) is 0 Å². The lowest BCUT2D eigenvalue weighted by Gasteiger charge is -2.14. The second-order valence-corrected chi connectivity index (χ2v) is 8.86. The Morgan fingerprint density at radius 2 is 1.46 bits per heavy atom. The minimum atomic E-state index is -1.14. The van der Waals surface area contributed by atoms with Gasteiger partial charge < -0.3 is 30.3 Å². The number of carbonyl (C=O) groups is 4. The quantitative estimate of drug-likeness (QED) is 0.168. The molecular weight excluding hydrogens is 480 g/mol. The van der Waals surface area contributed by atoms with Crippen LogP contribution in [0.4, 0.5) is 0 Å². The van der Waals surface area contributed by atoms with Gasteiger partial charge in [-0.3, -0.25) is 9.59 Å². The van der Waals surface area contributed by atoms with Crippen LogP contribution in [0.1, 0.15) is 87.9 Å². The summed E-state index contributed by atoms with van der Waals surface area (Å²) < 4.78 is 10.9. The molecule has 208 valence electrons. The summed E-state index contributed by atoms with van der Waals surface area (Å²) in [5.41, 5.74) is 0.232. The number of hydrogen-bond acceptors (Lipinski definition) is 6. The molecule has 0 aliphatic heterocycles. The highest BCUT2D eigenvalue weighted by Gasteiger charge is 2.20. The monoisotopic (exact) mass is 522 g/mol. The summed E-state index contributed by atoms with van der Waals surface area (Å²) in [4.78, 5) is 46.2. The number of amides is 2. The predicted molar refractivity (Wildman–Crippen MR) is 139 cm³/mol. The second kappa shape index (κ2) is 20.0. The maximum absolute atomic E-state index is 12.1. The lowest BCUT2D eigenvalue weighted by Crippen LogP contribution is -2.41. The fourth-order valence-corrected chi connectivity index (χ4v) is 3.55. The topological polar surface area (TPSA) is 151 Å². The van der Waals surface area contributed by atoms with Crippen molar-refractivity contribution in [2.24, 2.45) is 0 Å². The van der Waals surface area contributed by atoms with Gasteiger partial charge in [0.15, 0.2) is 0 Å². The zero-order chi connectivity index (χ0) is 27.3. The SMILES string of the molecule is CCCOCCNC(=O)CC[C@H](NC(=O)CCCCCCCCCOc1ccc(C(=O)O)cc1)C(=O)O. The number of ether oxygens (including phenoxy) is 2. The molecule has 37 heavy (non-hydrogen) atoms. The number of carboxylic acids is 2. The van der Waals surface area contributed by atoms with Crippen molar-refractivity contribution < 1.29 is 38.9 Å². The Labute approximate surface area is 219 Å². The zero-order valence-corrected chi connectivity index (χ0v) is 21.8. The molecule has 1 aromatic carbocycles. The maximum atomic E-state index is 12.1. The van der Waals surface area contributed by atoms with E-state index in [0.717, 1.165) is 44.9 Å². The van der Waals surface area contributed by atoms with Crippen molar-refractivity contribution in [3.8, 4) is 5.75 Å². The van der Waals surface area contributed by atoms with E-state index in [1.54, 1.807) is 12.1 Å². The molecule has 10 heteroatoms. The third-order valence-corrected chi connectivity index (χ3v) is 5.63. The summed E-state index contributed by atoms with van der Waals surface area (Å²) in [5, 5.41) is 23.4. The Morgan fingerprint density at radius 1 is 0.811 bits per heavy atom. The van der Waals surface area contributed by atoms with E-state index < -0.39 is 18.0 Å². The number of benzene rings is 1. The van der Waals surface area contributed by atoms with E-state index >= 15 is 0 Å². The van der Waals surface area contributed by atoms with Gasteiger partial charge in [-0.2, -0.15) is 0 Å². The van der Waals surface area contributed by atoms with Crippen LogP contribution >= 0.6 is 0 Å². The van der Waals surface area contributed by atoms with Crippen LogP contribution in [-0.4, -0.2) is 66.4 Å². The Hall–Kier alpha value is -3.14. The van der Waals surface area contributed by atoms with Crippen LogP contribution in [0.3, 0.4) is 0 Å². The fourth-order valence-electron chi connectivity index (χ4n) is 3.55. The molecule has 0 aliphatic rings. The predicted octanol–water partition coefficient (Wildman–Crippen LogP) is 3.78. The third-order valence-electron chi connectivity index (χ3n) is 5.63. The first kappa shape index (κ1) is 31.9. The summed E-state index contributed by atoms with van der Waals surface area (Å²) in [6.45, 7) is 4.00. The standard InChI is InChI=1S/C27H42N2O8/c1-2-18-36-20-17-28-24(30)16-15-23(27(34)35)29-25(31)10-8-6-4-3-5-7-9-19-37-22-13-11-21(12-14-22)26(32)33/h11-14,23H,2-10,15-20H2,1H3,(H,28,30)(H,29,31)(H,32,33)(H,34,35)/t23-/m0/s1. The Bertz CT molecular complexity index is 813. The van der Waals surface area contributed by atoms with Gasteiger partial charge in [-0.25, -0.2) is 9.59 Å². The Morgan fingerprint density at radius 3 is 2.08 bits per heavy atom. The van der Waals surface area contributed by atoms with Gasteiger partial charge in [0, 0.05) is 26.0 Å². The number of aliphatic carboxylic acids is 1. The first-order valence-electron chi connectivity index (χ1n) is 13.2. The van der Waals surface area contributed by atoms with Gasteiger partial charge in [0.25, 0.3) is 0 Å². The molecule has 0 bridgehead atoms. The molecule has 2 amide bonds. The largest absolute Gasteiger partial charge is 0.494 e. The van der Waals surface area contributed by atoms with Crippen molar-refractivity contribution in [2.45, 2.75) is 83.6 Å². The molecular formula is C27H42N2O8. The van der Waals surface area contributed by atoms with E-state index in [1.807, 2.05) is 6.92 Å². The number of nitrogens with one attached hydrogen (secondary N) is 2. The lowest BCUT2D eigenvalue weighted by atomic mass is 10.1. The van der Waals surface area contributed by atoms with Crippen LogP contribution in [0.5, 0.6) is 5.75 Å². The zero-order valence-electron chi connectivity index (χ0n) is 21.8. The van der Waals surface area contributed by atoms with Crippen LogP contribution in [0.15, 0.2) is 24.3 Å². The minimum absolute atomic E-state index is 0.0209. The number of unbranched alkanes of at least 4 members (excludes halogenated alkanes) is 6. The number of rotatable bonds is 22. The number of aromatic carboxylic acids is 1. The van der Waals surface area contributed by atoms with Crippen LogP contribution in [-0.2, 0) is 19.1 Å². The average Bonchev–Trinajstić information content (AvgIpc) is 2.87. The molecule has 1 aromatic rings. The maximum Gasteiger partial charge on any atom is 0.335 e. The van der Waals surface area contributed by atoms with Crippen LogP contribution in [0.2, 0.25) is 0 Å². The lowest BCUT2D eigenvalue weighted by molar-refractivity contribution is -0.142. The third kappa shape index (κ3) is 16.3. The van der Waals surface area contributed by atoms with Gasteiger partial charge in [-0.1, -0.05) is 39.0 Å². The van der Waals surface area contributed by atoms with E-state index in [4.69, 9.17) is 14.6 Å². The highest BCUT2D eigenvalue weighted by molar-refractivity contribution is 5.87. The van der Waals surface area contributed by atoms with Gasteiger partial charge in [-0.05, 0) is 49.9 Å². The summed E-state index contributed by atoms with van der Waals surface area (Å²) in [6.07, 6.45) is 7.83. The van der Waals surface area contributed by atoms with Gasteiger partial charge in [-0.15, -0.1) is 0 Å². The second-order valence-electron chi connectivity index (χ2n) is 8.86. The smallest absolute Gasteiger partial charge is 0.335 e.